The molecular weight excluding hydrogens is 315 g/mol. The second-order valence-electron chi connectivity index (χ2n) is 4.77. The standard InChI is InChI=1S/C15H11N4OPS/c20-14(17-9-5-6-13(21)16-7-9)10-8-19-11-3-1-2-4-12(11)22-15(19)18-10/h1-8H,21H2,(H,17,20). The van der Waals surface area contributed by atoms with E-state index >= 15 is 0 Å². The molecule has 1 amide bonds. The molecule has 0 aliphatic heterocycles. The highest BCUT2D eigenvalue weighted by atomic mass is 32.1. The number of anilines is 1. The van der Waals surface area contributed by atoms with Crippen molar-refractivity contribution in [1.82, 2.24) is 14.4 Å². The van der Waals surface area contributed by atoms with Crippen LogP contribution >= 0.6 is 20.6 Å². The van der Waals surface area contributed by atoms with Gasteiger partial charge in [0.2, 0.25) is 0 Å². The molecule has 22 heavy (non-hydrogen) atoms. The summed E-state index contributed by atoms with van der Waals surface area (Å²) in [4.78, 5) is 21.6. The number of para-hydroxylation sites is 1. The maximum atomic E-state index is 12.3. The van der Waals surface area contributed by atoms with Crippen molar-refractivity contribution >= 4 is 52.8 Å². The summed E-state index contributed by atoms with van der Waals surface area (Å²) in [6, 6.07) is 11.7. The lowest BCUT2D eigenvalue weighted by molar-refractivity contribution is 0.102. The molecule has 4 aromatic rings. The van der Waals surface area contributed by atoms with E-state index in [1.165, 1.54) is 0 Å². The zero-order chi connectivity index (χ0) is 15.1. The molecule has 3 aromatic heterocycles. The molecule has 0 saturated heterocycles. The van der Waals surface area contributed by atoms with Crippen LogP contribution in [-0.4, -0.2) is 20.3 Å². The van der Waals surface area contributed by atoms with Gasteiger partial charge in [-0.2, -0.15) is 0 Å². The number of imidazole rings is 1. The van der Waals surface area contributed by atoms with Gasteiger partial charge in [-0.05, 0) is 24.3 Å². The Balaban J connectivity index is 1.68. The van der Waals surface area contributed by atoms with E-state index in [2.05, 4.69) is 24.5 Å². The van der Waals surface area contributed by atoms with Gasteiger partial charge in [-0.15, -0.1) is 0 Å². The number of aromatic nitrogens is 3. The maximum absolute atomic E-state index is 12.3. The normalized spacial score (nSPS) is 11.1. The first-order valence-electron chi connectivity index (χ1n) is 6.60. The fraction of sp³-hybridized carbons (Fsp3) is 0. The summed E-state index contributed by atoms with van der Waals surface area (Å²) in [6.07, 6.45) is 3.38. The molecule has 0 radical (unpaired) electrons. The fourth-order valence-electron chi connectivity index (χ4n) is 2.23. The summed E-state index contributed by atoms with van der Waals surface area (Å²) in [5.74, 6) is -0.238. The summed E-state index contributed by atoms with van der Waals surface area (Å²) in [5.41, 5.74) is 2.93. The molecule has 5 nitrogen and oxygen atoms in total. The van der Waals surface area contributed by atoms with Gasteiger partial charge in [-0.25, -0.2) is 4.98 Å². The second kappa shape index (κ2) is 5.16. The highest BCUT2D eigenvalue weighted by Gasteiger charge is 2.14. The van der Waals surface area contributed by atoms with E-state index in [0.29, 0.717) is 11.4 Å². The topological polar surface area (TPSA) is 59.3 Å². The smallest absolute Gasteiger partial charge is 0.275 e. The Morgan fingerprint density at radius 1 is 1.23 bits per heavy atom. The molecule has 0 aliphatic carbocycles. The Labute approximate surface area is 132 Å². The highest BCUT2D eigenvalue weighted by molar-refractivity contribution is 7.26. The Bertz CT molecular complexity index is 990. The van der Waals surface area contributed by atoms with Crippen molar-refractivity contribution < 1.29 is 4.79 Å². The quantitative estimate of drug-likeness (QED) is 0.576. The summed E-state index contributed by atoms with van der Waals surface area (Å²) < 4.78 is 3.09. The number of pyridine rings is 1. The van der Waals surface area contributed by atoms with Crippen molar-refractivity contribution in [2.75, 3.05) is 5.32 Å². The van der Waals surface area contributed by atoms with E-state index < -0.39 is 0 Å². The first kappa shape index (κ1) is 13.4. The van der Waals surface area contributed by atoms with Crippen LogP contribution in [0.2, 0.25) is 0 Å². The number of thiazole rings is 1. The third-order valence-electron chi connectivity index (χ3n) is 3.28. The minimum atomic E-state index is -0.238. The van der Waals surface area contributed by atoms with Crippen LogP contribution in [0.5, 0.6) is 0 Å². The molecule has 3 heterocycles. The Hall–Kier alpha value is -2.30. The third kappa shape index (κ3) is 2.26. The number of fused-ring (bicyclic) bond motifs is 3. The number of carbonyl (C=O) groups excluding carboxylic acids is 1. The number of hydrogen-bond donors (Lipinski definition) is 1. The largest absolute Gasteiger partial charge is 0.319 e. The predicted octanol–water partition coefficient (Wildman–Crippen LogP) is 2.70. The number of nitrogens with one attached hydrogen (secondary N) is 1. The first-order chi connectivity index (χ1) is 10.7. The van der Waals surface area contributed by atoms with Crippen LogP contribution in [0.4, 0.5) is 5.69 Å². The van der Waals surface area contributed by atoms with E-state index in [4.69, 9.17) is 0 Å². The van der Waals surface area contributed by atoms with E-state index in [1.54, 1.807) is 29.8 Å². The number of nitrogens with zero attached hydrogens (tertiary/aromatic N) is 3. The minimum absolute atomic E-state index is 0.238. The van der Waals surface area contributed by atoms with Gasteiger partial charge in [0.05, 0.1) is 27.5 Å². The second-order valence-corrected chi connectivity index (χ2v) is 6.38. The van der Waals surface area contributed by atoms with Crippen LogP contribution in [0.3, 0.4) is 0 Å². The van der Waals surface area contributed by atoms with E-state index in [9.17, 15) is 4.79 Å². The van der Waals surface area contributed by atoms with Gasteiger partial charge in [0, 0.05) is 6.20 Å². The molecule has 108 valence electrons. The molecule has 1 N–H and O–H groups in total. The monoisotopic (exact) mass is 326 g/mol. The molecule has 7 heteroatoms. The maximum Gasteiger partial charge on any atom is 0.275 e. The van der Waals surface area contributed by atoms with Crippen LogP contribution in [0.25, 0.3) is 15.2 Å². The zero-order valence-corrected chi connectivity index (χ0v) is 13.3. The Morgan fingerprint density at radius 2 is 2.09 bits per heavy atom. The number of rotatable bonds is 2. The number of hydrogen-bond acceptors (Lipinski definition) is 4. The minimum Gasteiger partial charge on any atom is -0.319 e. The predicted molar refractivity (Wildman–Crippen MR) is 92.1 cm³/mol. The molecule has 1 unspecified atom stereocenters. The van der Waals surface area contributed by atoms with E-state index in [0.717, 1.165) is 20.6 Å². The van der Waals surface area contributed by atoms with Crippen molar-refractivity contribution in [2.24, 2.45) is 0 Å². The van der Waals surface area contributed by atoms with Crippen LogP contribution < -0.4 is 10.8 Å². The fourth-order valence-corrected chi connectivity index (χ4v) is 3.41. The summed E-state index contributed by atoms with van der Waals surface area (Å²) >= 11 is 1.56. The Kier molecular flexibility index (Phi) is 3.13. The first-order valence-corrected chi connectivity index (χ1v) is 7.99. The summed E-state index contributed by atoms with van der Waals surface area (Å²) in [7, 11) is 2.51. The lowest BCUT2D eigenvalue weighted by atomic mass is 10.3. The average molecular weight is 326 g/mol. The molecule has 1 aromatic carbocycles. The SMILES string of the molecule is O=C(Nc1ccc(P)nc1)c1cn2c(n1)sc1ccccc12. The molecular formula is C15H11N4OPS. The summed E-state index contributed by atoms with van der Waals surface area (Å²) in [5, 5.41) is 2.80. The van der Waals surface area contributed by atoms with E-state index in [-0.39, 0.29) is 5.91 Å². The third-order valence-corrected chi connectivity index (χ3v) is 4.65. The van der Waals surface area contributed by atoms with Gasteiger partial charge in [0.1, 0.15) is 5.69 Å². The highest BCUT2D eigenvalue weighted by Crippen LogP contribution is 2.26. The van der Waals surface area contributed by atoms with Crippen LogP contribution in [0.1, 0.15) is 10.5 Å². The van der Waals surface area contributed by atoms with Crippen LogP contribution in [0.15, 0.2) is 48.8 Å². The zero-order valence-electron chi connectivity index (χ0n) is 11.4. The van der Waals surface area contributed by atoms with Crippen molar-refractivity contribution in [2.45, 2.75) is 0 Å². The van der Waals surface area contributed by atoms with Gasteiger partial charge in [-0.1, -0.05) is 32.7 Å². The van der Waals surface area contributed by atoms with Crippen molar-refractivity contribution in [1.29, 1.82) is 0 Å². The molecule has 0 saturated carbocycles. The molecule has 0 spiro atoms. The van der Waals surface area contributed by atoms with Gasteiger partial charge >= 0.3 is 0 Å². The summed E-state index contributed by atoms with van der Waals surface area (Å²) in [6.45, 7) is 0. The molecule has 4 rings (SSSR count). The van der Waals surface area contributed by atoms with Crippen molar-refractivity contribution in [3.63, 3.8) is 0 Å². The molecule has 1 atom stereocenters. The van der Waals surface area contributed by atoms with E-state index in [1.807, 2.05) is 34.7 Å². The lowest BCUT2D eigenvalue weighted by Gasteiger charge is -2.02. The van der Waals surface area contributed by atoms with Gasteiger partial charge in [0.15, 0.2) is 4.96 Å². The Morgan fingerprint density at radius 3 is 2.91 bits per heavy atom. The van der Waals surface area contributed by atoms with Crippen molar-refractivity contribution in [3.05, 3.63) is 54.5 Å². The van der Waals surface area contributed by atoms with Gasteiger partial charge < -0.3 is 5.32 Å². The molecule has 0 fully saturated rings. The van der Waals surface area contributed by atoms with Crippen molar-refractivity contribution in [3.8, 4) is 0 Å². The average Bonchev–Trinajstić information content (AvgIpc) is 3.07. The number of amides is 1. The molecule has 0 aliphatic rings. The molecule has 0 bridgehead atoms. The number of carbonyl (C=O) groups is 1. The van der Waals surface area contributed by atoms with Gasteiger partial charge in [-0.3, -0.25) is 14.2 Å². The van der Waals surface area contributed by atoms with Crippen LogP contribution in [-0.2, 0) is 0 Å². The van der Waals surface area contributed by atoms with Crippen LogP contribution in [0, 0.1) is 0 Å². The van der Waals surface area contributed by atoms with Gasteiger partial charge in [0.25, 0.3) is 5.91 Å². The number of benzene rings is 1. The lowest BCUT2D eigenvalue weighted by Crippen LogP contribution is -2.13.